The van der Waals surface area contributed by atoms with Gasteiger partial charge in [-0.25, -0.2) is 0 Å². The summed E-state index contributed by atoms with van der Waals surface area (Å²) in [5.41, 5.74) is 5.96. The number of likely N-dealkylation sites (tertiary alicyclic amines) is 1. The van der Waals surface area contributed by atoms with E-state index in [4.69, 9.17) is 5.73 Å². The van der Waals surface area contributed by atoms with E-state index in [2.05, 4.69) is 4.74 Å². The Morgan fingerprint density at radius 2 is 2.10 bits per heavy atom. The lowest BCUT2D eigenvalue weighted by Gasteiger charge is -2.31. The van der Waals surface area contributed by atoms with Crippen LogP contribution in [0.15, 0.2) is 24.3 Å². The molecule has 1 aromatic carbocycles. The Bertz CT molecular complexity index is 460. The summed E-state index contributed by atoms with van der Waals surface area (Å²) in [5, 5.41) is 0. The number of rotatable bonds is 3. The molecule has 0 aromatic heterocycles. The molecule has 2 N–H and O–H groups in total. The van der Waals surface area contributed by atoms with Gasteiger partial charge < -0.3 is 15.4 Å². The van der Waals surface area contributed by atoms with E-state index >= 15 is 0 Å². The van der Waals surface area contributed by atoms with Crippen molar-refractivity contribution >= 4 is 18.3 Å². The molecule has 1 aliphatic rings. The zero-order valence-electron chi connectivity index (χ0n) is 10.8. The monoisotopic (exact) mass is 306 g/mol. The molecule has 1 heterocycles. The fraction of sp³-hybridized carbons (Fsp3) is 0.462. The average molecular weight is 307 g/mol. The Kier molecular flexibility index (Phi) is 6.16. The van der Waals surface area contributed by atoms with Gasteiger partial charge >= 0.3 is 6.61 Å². The number of ether oxygens (including phenoxy) is 1. The summed E-state index contributed by atoms with van der Waals surface area (Å²) in [6, 6.07) is 5.97. The van der Waals surface area contributed by atoms with E-state index in [0.29, 0.717) is 13.1 Å². The number of piperidine rings is 1. The highest BCUT2D eigenvalue weighted by atomic mass is 35.5. The van der Waals surface area contributed by atoms with Crippen molar-refractivity contribution in [3.05, 3.63) is 29.8 Å². The quantitative estimate of drug-likeness (QED) is 0.932. The third-order valence-corrected chi connectivity index (χ3v) is 3.08. The van der Waals surface area contributed by atoms with Gasteiger partial charge in [0.2, 0.25) is 0 Å². The molecule has 0 radical (unpaired) electrons. The predicted octanol–water partition coefficient (Wildman–Crippen LogP) is 2.27. The van der Waals surface area contributed by atoms with Crippen molar-refractivity contribution in [2.24, 2.45) is 5.73 Å². The second kappa shape index (κ2) is 7.40. The van der Waals surface area contributed by atoms with Crippen molar-refractivity contribution in [2.75, 3.05) is 13.1 Å². The summed E-state index contributed by atoms with van der Waals surface area (Å²) in [4.78, 5) is 13.9. The molecule has 0 unspecified atom stereocenters. The van der Waals surface area contributed by atoms with Crippen molar-refractivity contribution < 1.29 is 18.3 Å². The molecule has 0 spiro atoms. The molecule has 1 atom stereocenters. The maximum absolute atomic E-state index is 12.3. The number of nitrogens with zero attached hydrogens (tertiary/aromatic N) is 1. The van der Waals surface area contributed by atoms with Gasteiger partial charge in [0, 0.05) is 19.1 Å². The van der Waals surface area contributed by atoms with Crippen LogP contribution in [0.2, 0.25) is 0 Å². The molecular formula is C13H17ClF2N2O2. The van der Waals surface area contributed by atoms with Crippen LogP contribution in [0.3, 0.4) is 0 Å². The minimum atomic E-state index is -2.95. The topological polar surface area (TPSA) is 55.6 Å². The fourth-order valence-electron chi connectivity index (χ4n) is 2.21. The highest BCUT2D eigenvalue weighted by Gasteiger charge is 2.25. The predicted molar refractivity (Wildman–Crippen MR) is 73.4 cm³/mol. The summed E-state index contributed by atoms with van der Waals surface area (Å²) in [5.74, 6) is -0.409. The molecule has 2 rings (SSSR count). The van der Waals surface area contributed by atoms with Crippen molar-refractivity contribution in [1.82, 2.24) is 4.90 Å². The van der Waals surface area contributed by atoms with Gasteiger partial charge in [-0.3, -0.25) is 4.79 Å². The van der Waals surface area contributed by atoms with Crippen LogP contribution in [0.1, 0.15) is 23.2 Å². The Labute approximate surface area is 122 Å². The molecule has 1 amide bonds. The Morgan fingerprint density at radius 1 is 1.40 bits per heavy atom. The van der Waals surface area contributed by atoms with E-state index in [1.54, 1.807) is 17.0 Å². The summed E-state index contributed by atoms with van der Waals surface area (Å²) in [6.07, 6.45) is 1.70. The van der Waals surface area contributed by atoms with Crippen LogP contribution in [0, 0.1) is 0 Å². The molecule has 0 saturated carbocycles. The van der Waals surface area contributed by atoms with Gasteiger partial charge in [-0.1, -0.05) is 12.1 Å². The molecule has 1 aliphatic heterocycles. The molecule has 1 fully saturated rings. The number of para-hydroxylation sites is 1. The van der Waals surface area contributed by atoms with Crippen molar-refractivity contribution in [3.8, 4) is 5.75 Å². The smallest absolute Gasteiger partial charge is 0.387 e. The fourth-order valence-corrected chi connectivity index (χ4v) is 2.21. The second-order valence-electron chi connectivity index (χ2n) is 4.53. The summed E-state index contributed by atoms with van der Waals surface area (Å²) >= 11 is 0. The van der Waals surface area contributed by atoms with Gasteiger partial charge in [-0.15, -0.1) is 12.4 Å². The minimum Gasteiger partial charge on any atom is -0.434 e. The maximum Gasteiger partial charge on any atom is 0.387 e. The van der Waals surface area contributed by atoms with E-state index in [0.717, 1.165) is 12.8 Å². The molecule has 1 aromatic rings. The van der Waals surface area contributed by atoms with Crippen molar-refractivity contribution in [3.63, 3.8) is 0 Å². The highest BCUT2D eigenvalue weighted by Crippen LogP contribution is 2.23. The minimum absolute atomic E-state index is 0. The molecule has 0 bridgehead atoms. The maximum atomic E-state index is 12.3. The molecule has 20 heavy (non-hydrogen) atoms. The molecule has 0 aliphatic carbocycles. The number of hydrogen-bond acceptors (Lipinski definition) is 3. The summed E-state index contributed by atoms with van der Waals surface area (Å²) in [7, 11) is 0. The van der Waals surface area contributed by atoms with Crippen LogP contribution >= 0.6 is 12.4 Å². The van der Waals surface area contributed by atoms with Gasteiger partial charge in [0.25, 0.3) is 5.91 Å². The third-order valence-electron chi connectivity index (χ3n) is 3.08. The SMILES string of the molecule is Cl.N[C@@H]1CCCN(C(=O)c2ccccc2OC(F)F)C1. The van der Waals surface area contributed by atoms with Gasteiger partial charge in [-0.2, -0.15) is 8.78 Å². The first-order valence-corrected chi connectivity index (χ1v) is 6.16. The van der Waals surface area contributed by atoms with E-state index < -0.39 is 6.61 Å². The lowest BCUT2D eigenvalue weighted by Crippen LogP contribution is -2.45. The molecule has 112 valence electrons. The van der Waals surface area contributed by atoms with Gasteiger partial charge in [-0.05, 0) is 25.0 Å². The van der Waals surface area contributed by atoms with Crippen molar-refractivity contribution in [1.29, 1.82) is 0 Å². The van der Waals surface area contributed by atoms with E-state index in [1.807, 2.05) is 0 Å². The Morgan fingerprint density at radius 3 is 2.75 bits per heavy atom. The number of nitrogens with two attached hydrogens (primary N) is 1. The number of halogens is 3. The summed E-state index contributed by atoms with van der Waals surface area (Å²) < 4.78 is 29.0. The molecule has 1 saturated heterocycles. The van der Waals surface area contributed by atoms with E-state index in [1.165, 1.54) is 12.1 Å². The second-order valence-corrected chi connectivity index (χ2v) is 4.53. The molecule has 7 heteroatoms. The average Bonchev–Trinajstić information content (AvgIpc) is 2.38. The number of benzene rings is 1. The highest BCUT2D eigenvalue weighted by molar-refractivity contribution is 5.97. The normalized spacial score (nSPS) is 18.6. The van der Waals surface area contributed by atoms with Crippen LogP contribution in [-0.4, -0.2) is 36.5 Å². The zero-order chi connectivity index (χ0) is 13.8. The van der Waals surface area contributed by atoms with Crippen LogP contribution in [-0.2, 0) is 0 Å². The standard InChI is InChI=1S/C13H16F2N2O2.ClH/c14-13(15)19-11-6-2-1-5-10(11)12(18)17-7-3-4-9(16)8-17;/h1-2,5-6,9,13H,3-4,7-8,16H2;1H/t9-;/m1./s1. The summed E-state index contributed by atoms with van der Waals surface area (Å²) in [6.45, 7) is -1.91. The lowest BCUT2D eigenvalue weighted by atomic mass is 10.0. The third kappa shape index (κ3) is 4.05. The van der Waals surface area contributed by atoms with Gasteiger partial charge in [0.05, 0.1) is 5.56 Å². The van der Waals surface area contributed by atoms with Crippen LogP contribution < -0.4 is 10.5 Å². The first-order chi connectivity index (χ1) is 9.08. The van der Waals surface area contributed by atoms with E-state index in [9.17, 15) is 13.6 Å². The number of carbonyl (C=O) groups excluding carboxylic acids is 1. The van der Waals surface area contributed by atoms with Crippen LogP contribution in [0.4, 0.5) is 8.78 Å². The van der Waals surface area contributed by atoms with Crippen LogP contribution in [0.25, 0.3) is 0 Å². The first-order valence-electron chi connectivity index (χ1n) is 6.16. The number of amides is 1. The Hall–Kier alpha value is -1.40. The molecular weight excluding hydrogens is 290 g/mol. The van der Waals surface area contributed by atoms with E-state index in [-0.39, 0.29) is 35.7 Å². The number of hydrogen-bond donors (Lipinski definition) is 1. The Balaban J connectivity index is 0.00000200. The van der Waals surface area contributed by atoms with Gasteiger partial charge in [0.15, 0.2) is 0 Å². The first kappa shape index (κ1) is 16.7. The van der Waals surface area contributed by atoms with Crippen molar-refractivity contribution in [2.45, 2.75) is 25.5 Å². The lowest BCUT2D eigenvalue weighted by molar-refractivity contribution is -0.0503. The molecule has 4 nitrogen and oxygen atoms in total. The zero-order valence-corrected chi connectivity index (χ0v) is 11.6. The largest absolute Gasteiger partial charge is 0.434 e. The van der Waals surface area contributed by atoms with Gasteiger partial charge in [0.1, 0.15) is 5.75 Å². The number of alkyl halides is 2. The number of carbonyl (C=O) groups is 1. The van der Waals surface area contributed by atoms with Crippen LogP contribution in [0.5, 0.6) is 5.75 Å².